The van der Waals surface area contributed by atoms with Gasteiger partial charge >= 0.3 is 0 Å². The van der Waals surface area contributed by atoms with Gasteiger partial charge < -0.3 is 14.2 Å². The zero-order chi connectivity index (χ0) is 17.0. The molecule has 0 spiro atoms. The summed E-state index contributed by atoms with van der Waals surface area (Å²) in [5, 5.41) is 0. The molecular weight excluding hydrogens is 540 g/mol. The number of ether oxygens (including phenoxy) is 1. The molecule has 3 fully saturated rings. The third-order valence-electron chi connectivity index (χ3n) is 5.98. The van der Waals surface area contributed by atoms with Gasteiger partial charge in [0, 0.05) is 13.1 Å². The minimum absolute atomic E-state index is 0.0405. The summed E-state index contributed by atoms with van der Waals surface area (Å²) in [6.07, 6.45) is 3.90. The Morgan fingerprint density at radius 2 is 1.88 bits per heavy atom. The molecule has 25 heavy (non-hydrogen) atoms. The van der Waals surface area contributed by atoms with Gasteiger partial charge in [0.15, 0.2) is 0 Å². The van der Waals surface area contributed by atoms with Crippen molar-refractivity contribution in [3.8, 4) is 0 Å². The maximum atomic E-state index is 6.84. The Morgan fingerprint density at radius 3 is 2.64 bits per heavy atom. The Kier molecular flexibility index (Phi) is 4.58. The van der Waals surface area contributed by atoms with Crippen molar-refractivity contribution in [3.05, 3.63) is 48.6 Å². The first-order valence-electron chi connectivity index (χ1n) is 9.08. The van der Waals surface area contributed by atoms with E-state index in [0.717, 1.165) is 29.0 Å². The molecular formula is C19H21I2N3O. The number of piperidine rings is 3. The SMILES string of the molecule is Ic1nc2n(c1I)CCc1ccccc1C2OC1CN2CCC1CC2. The third-order valence-corrected chi connectivity index (χ3v) is 8.86. The molecule has 2 unspecified atom stereocenters. The lowest BCUT2D eigenvalue weighted by atomic mass is 9.85. The first-order valence-corrected chi connectivity index (χ1v) is 11.2. The van der Waals surface area contributed by atoms with Crippen LogP contribution in [0.3, 0.4) is 0 Å². The van der Waals surface area contributed by atoms with Crippen LogP contribution in [0.1, 0.15) is 35.9 Å². The van der Waals surface area contributed by atoms with Gasteiger partial charge in [-0.3, -0.25) is 0 Å². The van der Waals surface area contributed by atoms with Crippen molar-refractivity contribution >= 4 is 45.2 Å². The second-order valence-electron chi connectivity index (χ2n) is 7.34. The van der Waals surface area contributed by atoms with Gasteiger partial charge in [-0.15, -0.1) is 0 Å². The van der Waals surface area contributed by atoms with Crippen LogP contribution < -0.4 is 0 Å². The highest BCUT2D eigenvalue weighted by atomic mass is 127. The summed E-state index contributed by atoms with van der Waals surface area (Å²) in [7, 11) is 0. The van der Waals surface area contributed by atoms with Gasteiger partial charge in [0.1, 0.15) is 19.3 Å². The van der Waals surface area contributed by atoms with Gasteiger partial charge in [-0.1, -0.05) is 24.3 Å². The summed E-state index contributed by atoms with van der Waals surface area (Å²) in [6.45, 7) is 4.56. The number of aromatic nitrogens is 2. The van der Waals surface area contributed by atoms with Gasteiger partial charge in [-0.25, -0.2) is 4.98 Å². The number of aryl methyl sites for hydroxylation is 1. The number of fused-ring (bicyclic) bond motifs is 5. The molecule has 1 aromatic carbocycles. The van der Waals surface area contributed by atoms with Crippen molar-refractivity contribution in [1.82, 2.24) is 14.5 Å². The molecule has 132 valence electrons. The molecule has 4 aliphatic rings. The molecule has 6 heteroatoms. The van der Waals surface area contributed by atoms with E-state index in [2.05, 4.69) is 78.9 Å². The minimum atomic E-state index is -0.0405. The number of rotatable bonds is 2. The molecule has 3 saturated heterocycles. The summed E-state index contributed by atoms with van der Waals surface area (Å²) in [5.41, 5.74) is 2.72. The van der Waals surface area contributed by atoms with Crippen molar-refractivity contribution in [2.45, 2.75) is 38.0 Å². The minimum Gasteiger partial charge on any atom is -0.361 e. The van der Waals surface area contributed by atoms with Gasteiger partial charge in [0.05, 0.1) is 6.10 Å². The average Bonchev–Trinajstić information content (AvgIpc) is 2.84. The van der Waals surface area contributed by atoms with E-state index in [9.17, 15) is 0 Å². The molecule has 0 saturated carbocycles. The zero-order valence-corrected chi connectivity index (χ0v) is 18.3. The fourth-order valence-electron chi connectivity index (χ4n) is 4.59. The Labute approximate surface area is 175 Å². The van der Waals surface area contributed by atoms with Crippen LogP contribution in [-0.2, 0) is 17.7 Å². The second-order valence-corrected chi connectivity index (χ2v) is 9.39. The molecule has 2 atom stereocenters. The molecule has 0 radical (unpaired) electrons. The van der Waals surface area contributed by atoms with E-state index >= 15 is 0 Å². The smallest absolute Gasteiger partial charge is 0.144 e. The van der Waals surface area contributed by atoms with Crippen molar-refractivity contribution in [3.63, 3.8) is 0 Å². The van der Waals surface area contributed by atoms with Crippen LogP contribution in [0.25, 0.3) is 0 Å². The van der Waals surface area contributed by atoms with Gasteiger partial charge in [0.2, 0.25) is 0 Å². The van der Waals surface area contributed by atoms with E-state index < -0.39 is 0 Å². The Bertz CT molecular complexity index is 798. The molecule has 2 aromatic rings. The maximum Gasteiger partial charge on any atom is 0.144 e. The van der Waals surface area contributed by atoms with Gasteiger partial charge in [0.25, 0.3) is 0 Å². The van der Waals surface area contributed by atoms with E-state index in [1.165, 1.54) is 40.8 Å². The van der Waals surface area contributed by atoms with E-state index in [4.69, 9.17) is 9.72 Å². The number of hydrogen-bond donors (Lipinski definition) is 0. The van der Waals surface area contributed by atoms with Crippen molar-refractivity contribution in [2.24, 2.45) is 5.92 Å². The Hall–Kier alpha value is -0.190. The first kappa shape index (κ1) is 16.9. The molecule has 0 N–H and O–H groups in total. The highest BCUT2D eigenvalue weighted by Gasteiger charge is 2.38. The van der Waals surface area contributed by atoms with Crippen molar-refractivity contribution in [2.75, 3.05) is 19.6 Å². The fourth-order valence-corrected chi connectivity index (χ4v) is 5.74. The Balaban J connectivity index is 1.56. The van der Waals surface area contributed by atoms with Crippen LogP contribution in [0.15, 0.2) is 24.3 Å². The lowest BCUT2D eigenvalue weighted by Gasteiger charge is -2.45. The monoisotopic (exact) mass is 561 g/mol. The molecule has 2 bridgehead atoms. The fraction of sp³-hybridized carbons (Fsp3) is 0.526. The van der Waals surface area contributed by atoms with E-state index in [1.807, 2.05) is 0 Å². The largest absolute Gasteiger partial charge is 0.361 e. The van der Waals surface area contributed by atoms with Gasteiger partial charge in [-0.2, -0.15) is 0 Å². The zero-order valence-electron chi connectivity index (χ0n) is 14.0. The second kappa shape index (κ2) is 6.76. The van der Waals surface area contributed by atoms with Crippen LogP contribution in [0.5, 0.6) is 0 Å². The topological polar surface area (TPSA) is 30.3 Å². The normalized spacial score (nSPS) is 30.6. The van der Waals surface area contributed by atoms with Crippen LogP contribution in [-0.4, -0.2) is 40.2 Å². The van der Waals surface area contributed by atoms with Crippen molar-refractivity contribution < 1.29 is 4.74 Å². The summed E-state index contributed by atoms with van der Waals surface area (Å²) >= 11 is 4.78. The average molecular weight is 561 g/mol. The Morgan fingerprint density at radius 1 is 1.08 bits per heavy atom. The molecule has 0 aliphatic carbocycles. The van der Waals surface area contributed by atoms with Crippen molar-refractivity contribution in [1.29, 1.82) is 0 Å². The highest BCUT2D eigenvalue weighted by molar-refractivity contribution is 14.1. The van der Waals surface area contributed by atoms with Crippen LogP contribution in [0.2, 0.25) is 0 Å². The summed E-state index contributed by atoms with van der Waals surface area (Å²) in [5.74, 6) is 1.80. The number of hydrogen-bond acceptors (Lipinski definition) is 3. The third kappa shape index (κ3) is 2.96. The molecule has 1 aromatic heterocycles. The predicted octanol–water partition coefficient (Wildman–Crippen LogP) is 3.85. The molecule has 4 nitrogen and oxygen atoms in total. The lowest BCUT2D eigenvalue weighted by Crippen LogP contribution is -2.51. The highest BCUT2D eigenvalue weighted by Crippen LogP contribution is 2.38. The molecule has 6 rings (SSSR count). The van der Waals surface area contributed by atoms with Crippen LogP contribution >= 0.6 is 45.2 Å². The maximum absolute atomic E-state index is 6.84. The van der Waals surface area contributed by atoms with E-state index in [1.54, 1.807) is 0 Å². The number of imidazole rings is 1. The standard InChI is InChI=1S/C19H21I2N3O/c20-17-18(21)24-10-7-12-3-1-2-4-14(12)16(19(24)22-17)25-15-11-23-8-5-13(15)6-9-23/h1-4,13,15-16H,5-11H2. The summed E-state index contributed by atoms with van der Waals surface area (Å²) in [6, 6.07) is 8.78. The van der Waals surface area contributed by atoms with Crippen LogP contribution in [0, 0.1) is 13.3 Å². The summed E-state index contributed by atoms with van der Waals surface area (Å²) < 4.78 is 11.5. The number of benzene rings is 1. The lowest BCUT2D eigenvalue weighted by molar-refractivity contribution is -0.0952. The number of nitrogens with zero attached hydrogens (tertiary/aromatic N) is 3. The molecule has 5 heterocycles. The first-order chi connectivity index (χ1) is 12.2. The van der Waals surface area contributed by atoms with Gasteiger partial charge in [-0.05, 0) is 94.6 Å². The molecule has 0 amide bonds. The van der Waals surface area contributed by atoms with Crippen LogP contribution in [0.4, 0.5) is 0 Å². The molecule has 4 aliphatic heterocycles. The predicted molar refractivity (Wildman–Crippen MR) is 114 cm³/mol. The summed E-state index contributed by atoms with van der Waals surface area (Å²) in [4.78, 5) is 7.48. The van der Waals surface area contributed by atoms with E-state index in [0.29, 0.717) is 12.0 Å². The quantitative estimate of drug-likeness (QED) is 0.523. The van der Waals surface area contributed by atoms with E-state index in [-0.39, 0.29) is 6.10 Å². The number of halogens is 2.